The molecule has 2 N–H and O–H groups in total. The smallest absolute Gasteiger partial charge is 0.262 e. The van der Waals surface area contributed by atoms with Gasteiger partial charge in [0.15, 0.2) is 0 Å². The van der Waals surface area contributed by atoms with E-state index < -0.39 is 12.5 Å². The van der Waals surface area contributed by atoms with Crippen LogP contribution in [0.2, 0.25) is 0 Å². The quantitative estimate of drug-likeness (QED) is 0.475. The van der Waals surface area contributed by atoms with Crippen molar-refractivity contribution >= 4 is 22.7 Å². The molecule has 1 aliphatic rings. The first-order chi connectivity index (χ1) is 15.7. The van der Waals surface area contributed by atoms with Crippen LogP contribution in [-0.2, 0) is 0 Å². The summed E-state index contributed by atoms with van der Waals surface area (Å²) in [4.78, 5) is 8.52. The van der Waals surface area contributed by atoms with Gasteiger partial charge in [0.05, 0.1) is 24.0 Å². The third-order valence-electron chi connectivity index (χ3n) is 6.04. The Hall–Kier alpha value is -3.29. The van der Waals surface area contributed by atoms with Crippen LogP contribution in [0.5, 0.6) is 0 Å². The average molecular weight is 453 g/mol. The Morgan fingerprint density at radius 2 is 1.94 bits per heavy atom. The fourth-order valence-electron chi connectivity index (χ4n) is 4.21. The number of aryl methyl sites for hydroxylation is 1. The number of pyridine rings is 1. The summed E-state index contributed by atoms with van der Waals surface area (Å²) < 4.78 is 28.0. The van der Waals surface area contributed by atoms with Gasteiger partial charge in [-0.1, -0.05) is 32.4 Å². The highest BCUT2D eigenvalue weighted by Gasteiger charge is 2.21. The van der Waals surface area contributed by atoms with Gasteiger partial charge in [0, 0.05) is 42.2 Å². The zero-order chi connectivity index (χ0) is 23.6. The molecule has 0 spiro atoms. The van der Waals surface area contributed by atoms with E-state index in [1.807, 2.05) is 36.0 Å². The molecule has 3 aromatic heterocycles. The van der Waals surface area contributed by atoms with Crippen molar-refractivity contribution < 1.29 is 8.78 Å². The summed E-state index contributed by atoms with van der Waals surface area (Å²) in [6.45, 7) is 10.7. The highest BCUT2D eigenvalue weighted by molar-refractivity contribution is 5.83. The van der Waals surface area contributed by atoms with Crippen LogP contribution < -0.4 is 10.6 Å². The van der Waals surface area contributed by atoms with Gasteiger partial charge in [0.1, 0.15) is 0 Å². The Kier molecular flexibility index (Phi) is 6.44. The second kappa shape index (κ2) is 9.29. The number of alkyl halides is 2. The van der Waals surface area contributed by atoms with Crippen molar-refractivity contribution in [3.05, 3.63) is 66.3 Å². The fraction of sp³-hybridized carbons (Fsp3) is 0.400. The predicted molar refractivity (Wildman–Crippen MR) is 128 cm³/mol. The molecule has 4 rings (SSSR count). The van der Waals surface area contributed by atoms with Gasteiger partial charge in [-0.05, 0) is 43.0 Å². The molecule has 3 aromatic rings. The molecule has 0 radical (unpaired) electrons. The van der Waals surface area contributed by atoms with E-state index in [4.69, 9.17) is 0 Å². The molecule has 0 atom stereocenters. The van der Waals surface area contributed by atoms with Crippen molar-refractivity contribution in [2.45, 2.75) is 57.9 Å². The maximum Gasteiger partial charge on any atom is 0.262 e. The topological polar surface area (TPSA) is 67.1 Å². The molecule has 0 unspecified atom stereocenters. The minimum Gasteiger partial charge on any atom is -0.382 e. The van der Waals surface area contributed by atoms with Crippen LogP contribution in [-0.4, -0.2) is 38.1 Å². The van der Waals surface area contributed by atoms with Gasteiger partial charge < -0.3 is 10.6 Å². The van der Waals surface area contributed by atoms with Gasteiger partial charge >= 0.3 is 0 Å². The van der Waals surface area contributed by atoms with Crippen molar-refractivity contribution in [3.63, 3.8) is 0 Å². The highest BCUT2D eigenvalue weighted by Crippen LogP contribution is 2.28. The summed E-state index contributed by atoms with van der Waals surface area (Å²) in [6.07, 6.45) is 11.5. The molecule has 174 valence electrons. The van der Waals surface area contributed by atoms with Crippen LogP contribution in [0, 0.1) is 6.92 Å². The largest absolute Gasteiger partial charge is 0.382 e. The molecule has 1 aliphatic carbocycles. The number of aromatic nitrogens is 4. The van der Waals surface area contributed by atoms with Gasteiger partial charge in [0.25, 0.3) is 5.92 Å². The van der Waals surface area contributed by atoms with Crippen LogP contribution in [0.3, 0.4) is 0 Å². The Labute approximate surface area is 192 Å². The Morgan fingerprint density at radius 1 is 1.18 bits per heavy atom. The summed E-state index contributed by atoms with van der Waals surface area (Å²) in [6, 6.07) is 4.42. The van der Waals surface area contributed by atoms with E-state index in [1.165, 1.54) is 32.1 Å². The molecule has 0 aliphatic heterocycles. The number of fused-ring (bicyclic) bond motifs is 1. The number of anilines is 1. The number of hydrogen-bond acceptors (Lipinski definition) is 5. The second-order valence-corrected chi connectivity index (χ2v) is 8.86. The number of rotatable bonds is 8. The van der Waals surface area contributed by atoms with Crippen molar-refractivity contribution in [1.29, 1.82) is 0 Å². The van der Waals surface area contributed by atoms with Crippen LogP contribution in [0.4, 0.5) is 14.7 Å². The van der Waals surface area contributed by atoms with Crippen molar-refractivity contribution in [1.82, 2.24) is 24.9 Å². The Bertz CT molecular complexity index is 1170. The molecule has 1 fully saturated rings. The van der Waals surface area contributed by atoms with Crippen molar-refractivity contribution in [2.75, 3.05) is 11.9 Å². The third-order valence-corrected chi connectivity index (χ3v) is 6.04. The molecule has 0 bridgehead atoms. The fourth-order valence-corrected chi connectivity index (χ4v) is 4.21. The molecule has 0 saturated heterocycles. The minimum absolute atomic E-state index is 0.171. The lowest BCUT2D eigenvalue weighted by molar-refractivity contribution is 0.0366. The zero-order valence-corrected chi connectivity index (χ0v) is 19.2. The number of halogens is 2. The van der Waals surface area contributed by atoms with Gasteiger partial charge in [0.2, 0.25) is 5.95 Å². The molecule has 3 heterocycles. The van der Waals surface area contributed by atoms with Crippen molar-refractivity contribution in [2.24, 2.45) is 0 Å². The first-order valence-electron chi connectivity index (χ1n) is 11.3. The van der Waals surface area contributed by atoms with Crippen LogP contribution in [0.1, 0.15) is 61.4 Å². The van der Waals surface area contributed by atoms with E-state index in [0.717, 1.165) is 40.4 Å². The number of nitrogens with zero attached hydrogens (tertiary/aromatic N) is 4. The zero-order valence-electron chi connectivity index (χ0n) is 19.2. The van der Waals surface area contributed by atoms with Gasteiger partial charge in [-0.3, -0.25) is 0 Å². The lowest BCUT2D eigenvalue weighted by Crippen LogP contribution is -2.29. The molecular weight excluding hydrogens is 422 g/mol. The van der Waals surface area contributed by atoms with E-state index in [9.17, 15) is 8.78 Å². The van der Waals surface area contributed by atoms with Crippen LogP contribution in [0.15, 0.2) is 43.9 Å². The summed E-state index contributed by atoms with van der Waals surface area (Å²) >= 11 is 0. The van der Waals surface area contributed by atoms with E-state index in [1.54, 1.807) is 6.20 Å². The van der Waals surface area contributed by atoms with E-state index in [-0.39, 0.29) is 5.95 Å². The number of nitrogens with one attached hydrogen (secondary N) is 2. The second-order valence-electron chi connectivity index (χ2n) is 8.86. The molecule has 0 amide bonds. The van der Waals surface area contributed by atoms with Gasteiger partial charge in [-0.15, -0.1) is 0 Å². The standard InChI is InChI=1S/C25H30F2N6/c1-16(21-13-28-24(32-17(21)2)29-15-25(4,26)27)19-10-11-33-23(12-19)22(14-30-33)18(3)31-20-8-6-5-7-9-20/h10-14,20,31H,1,3,5-9,15H2,2,4H3,(H,28,29,32). The number of hydrogen-bond donors (Lipinski definition) is 2. The summed E-state index contributed by atoms with van der Waals surface area (Å²) in [5.74, 6) is -2.67. The lowest BCUT2D eigenvalue weighted by Gasteiger charge is -2.24. The van der Waals surface area contributed by atoms with E-state index in [0.29, 0.717) is 11.7 Å². The molecular formula is C25H30F2N6. The van der Waals surface area contributed by atoms with Crippen LogP contribution in [0.25, 0.3) is 16.8 Å². The molecule has 8 heteroatoms. The predicted octanol–water partition coefficient (Wildman–Crippen LogP) is 5.45. The van der Waals surface area contributed by atoms with E-state index >= 15 is 0 Å². The molecule has 0 aromatic carbocycles. The SMILES string of the molecule is C=C(c1ccn2ncc(C(=C)NC3CCCCC3)c2c1)c1cnc(NCC(C)(F)F)nc1C. The Morgan fingerprint density at radius 3 is 2.64 bits per heavy atom. The van der Waals surface area contributed by atoms with Gasteiger partial charge in [-0.2, -0.15) is 5.10 Å². The summed E-state index contributed by atoms with van der Waals surface area (Å²) in [5, 5.41) is 10.6. The summed E-state index contributed by atoms with van der Waals surface area (Å²) in [7, 11) is 0. The first kappa shape index (κ1) is 22.9. The summed E-state index contributed by atoms with van der Waals surface area (Å²) in [5.41, 5.74) is 5.85. The maximum absolute atomic E-state index is 13.1. The lowest BCUT2D eigenvalue weighted by atomic mass is 9.95. The van der Waals surface area contributed by atoms with Crippen molar-refractivity contribution in [3.8, 4) is 0 Å². The minimum atomic E-state index is -2.84. The molecule has 33 heavy (non-hydrogen) atoms. The normalized spacial score (nSPS) is 14.9. The van der Waals surface area contributed by atoms with E-state index in [2.05, 4.69) is 38.9 Å². The maximum atomic E-state index is 13.1. The highest BCUT2D eigenvalue weighted by atomic mass is 19.3. The molecule has 6 nitrogen and oxygen atoms in total. The molecule has 1 saturated carbocycles. The monoisotopic (exact) mass is 452 g/mol. The van der Waals surface area contributed by atoms with Crippen LogP contribution >= 0.6 is 0 Å². The first-order valence-corrected chi connectivity index (χ1v) is 11.3. The average Bonchev–Trinajstić information content (AvgIpc) is 3.21. The third kappa shape index (κ3) is 5.38. The van der Waals surface area contributed by atoms with Gasteiger partial charge in [-0.25, -0.2) is 23.3 Å². The Balaban J connectivity index is 1.55.